The number of nitrogens with zero attached hydrogens (tertiary/aromatic N) is 1. The van der Waals surface area contributed by atoms with Crippen molar-refractivity contribution in [3.63, 3.8) is 0 Å². The summed E-state index contributed by atoms with van der Waals surface area (Å²) in [6, 6.07) is 7.73. The van der Waals surface area contributed by atoms with Crippen LogP contribution in [0.3, 0.4) is 0 Å². The molecule has 4 heteroatoms. The van der Waals surface area contributed by atoms with Crippen LogP contribution in [0.15, 0.2) is 24.3 Å². The third kappa shape index (κ3) is 3.81. The van der Waals surface area contributed by atoms with Gasteiger partial charge in [0.05, 0.1) is 13.7 Å². The highest BCUT2D eigenvalue weighted by Gasteiger charge is 2.20. The molecule has 1 saturated heterocycles. The lowest BCUT2D eigenvalue weighted by atomic mass is 10.1. The Morgan fingerprint density at radius 2 is 2.26 bits per heavy atom. The fraction of sp³-hybridized carbons (Fsp3) is 0.467. The lowest BCUT2D eigenvalue weighted by Crippen LogP contribution is -2.40. The Kier molecular flexibility index (Phi) is 4.55. The second-order valence-electron chi connectivity index (χ2n) is 4.81. The van der Waals surface area contributed by atoms with Crippen molar-refractivity contribution in [2.75, 3.05) is 20.2 Å². The molecular weight excluding hydrogens is 242 g/mol. The molecule has 0 N–H and O–H groups in total. The van der Waals surface area contributed by atoms with Gasteiger partial charge in [0, 0.05) is 19.4 Å². The number of ketones is 1. The highest BCUT2D eigenvalue weighted by Crippen LogP contribution is 2.15. The van der Waals surface area contributed by atoms with Crippen LogP contribution in [-0.4, -0.2) is 36.8 Å². The average Bonchev–Trinajstić information content (AvgIpc) is 2.45. The maximum atomic E-state index is 12.0. The molecule has 1 aromatic rings. The lowest BCUT2D eigenvalue weighted by molar-refractivity contribution is -0.137. The maximum Gasteiger partial charge on any atom is 0.223 e. The molecule has 19 heavy (non-hydrogen) atoms. The van der Waals surface area contributed by atoms with Crippen molar-refractivity contribution in [3.8, 4) is 5.75 Å². The predicted molar refractivity (Wildman–Crippen MR) is 72.1 cm³/mol. The number of carbonyl (C=O) groups excluding carboxylic acids is 2. The fourth-order valence-corrected chi connectivity index (χ4v) is 2.29. The van der Waals surface area contributed by atoms with Crippen LogP contribution in [0, 0.1) is 0 Å². The summed E-state index contributed by atoms with van der Waals surface area (Å²) in [7, 11) is 1.63. The van der Waals surface area contributed by atoms with Crippen LogP contribution in [0.2, 0.25) is 0 Å². The van der Waals surface area contributed by atoms with Gasteiger partial charge in [-0.1, -0.05) is 12.1 Å². The highest BCUT2D eigenvalue weighted by atomic mass is 16.5. The fourth-order valence-electron chi connectivity index (χ4n) is 2.29. The summed E-state index contributed by atoms with van der Waals surface area (Å²) in [6.07, 6.45) is 2.53. The van der Waals surface area contributed by atoms with Gasteiger partial charge in [-0.05, 0) is 30.5 Å². The number of methoxy groups -OCH3 is 1. The van der Waals surface area contributed by atoms with Gasteiger partial charge in [-0.2, -0.15) is 0 Å². The van der Waals surface area contributed by atoms with Crippen molar-refractivity contribution in [2.24, 2.45) is 0 Å². The first-order valence-corrected chi connectivity index (χ1v) is 6.61. The second kappa shape index (κ2) is 6.36. The zero-order chi connectivity index (χ0) is 13.7. The Bertz CT molecular complexity index is 470. The van der Waals surface area contributed by atoms with Gasteiger partial charge in [0.15, 0.2) is 5.78 Å². The van der Waals surface area contributed by atoms with E-state index in [2.05, 4.69) is 0 Å². The van der Waals surface area contributed by atoms with E-state index in [0.717, 1.165) is 17.7 Å². The van der Waals surface area contributed by atoms with Gasteiger partial charge in [-0.15, -0.1) is 0 Å². The number of benzene rings is 1. The molecule has 4 nitrogen and oxygen atoms in total. The molecule has 1 fully saturated rings. The van der Waals surface area contributed by atoms with Crippen molar-refractivity contribution in [3.05, 3.63) is 29.8 Å². The number of likely N-dealkylation sites (tertiary alicyclic amines) is 1. The van der Waals surface area contributed by atoms with Crippen LogP contribution in [0.4, 0.5) is 0 Å². The largest absolute Gasteiger partial charge is 0.497 e. The average molecular weight is 261 g/mol. The number of rotatable bonds is 4. The Labute approximate surface area is 113 Å². The Balaban J connectivity index is 1.87. The predicted octanol–water partition coefficient (Wildman–Crippen LogP) is 1.82. The van der Waals surface area contributed by atoms with Crippen LogP contribution in [-0.2, 0) is 16.0 Å². The van der Waals surface area contributed by atoms with E-state index in [4.69, 9.17) is 4.74 Å². The highest BCUT2D eigenvalue weighted by molar-refractivity contribution is 5.87. The summed E-state index contributed by atoms with van der Waals surface area (Å²) in [5, 5.41) is 0. The number of hydrogen-bond donors (Lipinski definition) is 0. The Hall–Kier alpha value is -1.84. The first-order valence-electron chi connectivity index (χ1n) is 6.61. The summed E-state index contributed by atoms with van der Waals surface area (Å²) in [6.45, 7) is 1.000. The van der Waals surface area contributed by atoms with Crippen LogP contribution in [0.25, 0.3) is 0 Å². The molecule has 0 aromatic heterocycles. The molecule has 1 aliphatic heterocycles. The van der Waals surface area contributed by atoms with Crippen molar-refractivity contribution < 1.29 is 14.3 Å². The van der Waals surface area contributed by atoms with E-state index >= 15 is 0 Å². The summed E-state index contributed by atoms with van der Waals surface area (Å²) >= 11 is 0. The molecule has 0 spiro atoms. The monoisotopic (exact) mass is 261 g/mol. The van der Waals surface area contributed by atoms with Gasteiger partial charge in [0.25, 0.3) is 0 Å². The van der Waals surface area contributed by atoms with E-state index < -0.39 is 0 Å². The van der Waals surface area contributed by atoms with E-state index in [1.54, 1.807) is 12.0 Å². The maximum absolute atomic E-state index is 12.0. The van der Waals surface area contributed by atoms with Gasteiger partial charge < -0.3 is 9.64 Å². The molecule has 2 rings (SSSR count). The first kappa shape index (κ1) is 13.6. The van der Waals surface area contributed by atoms with Gasteiger partial charge in [0.1, 0.15) is 5.75 Å². The van der Waals surface area contributed by atoms with E-state index in [1.807, 2.05) is 24.3 Å². The molecule has 102 valence electrons. The van der Waals surface area contributed by atoms with E-state index in [1.165, 1.54) is 0 Å². The number of hydrogen-bond acceptors (Lipinski definition) is 3. The van der Waals surface area contributed by atoms with Crippen molar-refractivity contribution in [2.45, 2.75) is 25.7 Å². The summed E-state index contributed by atoms with van der Waals surface area (Å²) in [5.74, 6) is 1.04. The third-order valence-electron chi connectivity index (χ3n) is 3.37. The molecule has 1 amide bonds. The number of Topliss-reactive ketones (excluding diaryl/α,β-unsaturated/α-hetero) is 1. The van der Waals surface area contributed by atoms with E-state index in [0.29, 0.717) is 25.8 Å². The molecule has 0 bridgehead atoms. The SMILES string of the molecule is COc1cccc(CCC(=O)N2CCCC(=O)C2)c1. The molecule has 0 atom stereocenters. The second-order valence-corrected chi connectivity index (χ2v) is 4.81. The van der Waals surface area contributed by atoms with Crippen LogP contribution < -0.4 is 4.74 Å². The topological polar surface area (TPSA) is 46.6 Å². The molecule has 0 unspecified atom stereocenters. The van der Waals surface area contributed by atoms with Gasteiger partial charge in [-0.25, -0.2) is 0 Å². The van der Waals surface area contributed by atoms with E-state index in [-0.39, 0.29) is 18.2 Å². The lowest BCUT2D eigenvalue weighted by Gasteiger charge is -2.25. The first-order chi connectivity index (χ1) is 9.19. The Morgan fingerprint density at radius 1 is 1.42 bits per heavy atom. The van der Waals surface area contributed by atoms with Crippen molar-refractivity contribution in [1.82, 2.24) is 4.90 Å². The summed E-state index contributed by atoms with van der Waals surface area (Å²) < 4.78 is 5.15. The number of piperidine rings is 1. The third-order valence-corrected chi connectivity index (χ3v) is 3.37. The van der Waals surface area contributed by atoms with Gasteiger partial charge in [0.2, 0.25) is 5.91 Å². The minimum Gasteiger partial charge on any atom is -0.497 e. The van der Waals surface area contributed by atoms with E-state index in [9.17, 15) is 9.59 Å². The standard InChI is InChI=1S/C15H19NO3/c1-19-14-6-2-4-12(10-14)7-8-15(18)16-9-3-5-13(17)11-16/h2,4,6,10H,3,5,7-9,11H2,1H3. The Morgan fingerprint density at radius 3 is 3.00 bits per heavy atom. The summed E-state index contributed by atoms with van der Waals surface area (Å²) in [4.78, 5) is 25.0. The van der Waals surface area contributed by atoms with Crippen LogP contribution in [0.1, 0.15) is 24.8 Å². The number of carbonyl (C=O) groups is 2. The van der Waals surface area contributed by atoms with Crippen molar-refractivity contribution in [1.29, 1.82) is 0 Å². The molecule has 0 saturated carbocycles. The zero-order valence-electron chi connectivity index (χ0n) is 11.2. The summed E-state index contributed by atoms with van der Waals surface area (Å²) in [5.41, 5.74) is 1.08. The quantitative estimate of drug-likeness (QED) is 0.830. The normalized spacial score (nSPS) is 15.4. The molecule has 0 aliphatic carbocycles. The number of aryl methyl sites for hydroxylation is 1. The molecular formula is C15H19NO3. The number of amides is 1. The minimum atomic E-state index is 0.0656. The molecule has 0 radical (unpaired) electrons. The number of ether oxygens (including phenoxy) is 1. The van der Waals surface area contributed by atoms with Crippen LogP contribution in [0.5, 0.6) is 5.75 Å². The van der Waals surface area contributed by atoms with Gasteiger partial charge in [-0.3, -0.25) is 9.59 Å². The van der Waals surface area contributed by atoms with Crippen molar-refractivity contribution >= 4 is 11.7 Å². The molecule has 1 aliphatic rings. The molecule has 1 heterocycles. The minimum absolute atomic E-state index is 0.0656. The smallest absolute Gasteiger partial charge is 0.223 e. The molecule has 1 aromatic carbocycles. The van der Waals surface area contributed by atoms with Crippen LogP contribution >= 0.6 is 0 Å². The van der Waals surface area contributed by atoms with Gasteiger partial charge >= 0.3 is 0 Å². The zero-order valence-corrected chi connectivity index (χ0v) is 11.2.